The van der Waals surface area contributed by atoms with Crippen molar-refractivity contribution in [3.05, 3.63) is 34.9 Å². The quantitative estimate of drug-likeness (QED) is 0.879. The number of alkyl halides is 1. The highest BCUT2D eigenvalue weighted by Crippen LogP contribution is 2.33. The van der Waals surface area contributed by atoms with Gasteiger partial charge in [0.25, 0.3) is 0 Å². The second-order valence-electron chi connectivity index (χ2n) is 4.30. The molecule has 1 N–H and O–H groups in total. The van der Waals surface area contributed by atoms with Crippen molar-refractivity contribution in [3.63, 3.8) is 0 Å². The van der Waals surface area contributed by atoms with Crippen LogP contribution >= 0.6 is 0 Å². The van der Waals surface area contributed by atoms with Crippen LogP contribution < -0.4 is 0 Å². The molecule has 2 unspecified atom stereocenters. The van der Waals surface area contributed by atoms with E-state index in [2.05, 4.69) is 0 Å². The van der Waals surface area contributed by atoms with E-state index in [1.165, 1.54) is 0 Å². The van der Waals surface area contributed by atoms with Crippen molar-refractivity contribution in [2.24, 2.45) is 0 Å². The average Bonchev–Trinajstić information content (AvgIpc) is 2.29. The van der Waals surface area contributed by atoms with Gasteiger partial charge >= 0.3 is 5.97 Å². The summed E-state index contributed by atoms with van der Waals surface area (Å²) in [5.74, 6) is -1.01. The Hall–Kier alpha value is -1.42. The van der Waals surface area contributed by atoms with Gasteiger partial charge in [0.15, 0.2) is 6.10 Å². The van der Waals surface area contributed by atoms with E-state index in [0.29, 0.717) is 12.0 Å². The summed E-state index contributed by atoms with van der Waals surface area (Å²) < 4.78 is 17.8. The maximum atomic E-state index is 12.4. The van der Waals surface area contributed by atoms with Gasteiger partial charge in [-0.3, -0.25) is 4.39 Å². The van der Waals surface area contributed by atoms with Gasteiger partial charge in [-0.2, -0.15) is 0 Å². The molecule has 0 amide bonds. The second kappa shape index (κ2) is 4.84. The lowest BCUT2D eigenvalue weighted by Crippen LogP contribution is -2.31. The molecule has 0 bridgehead atoms. The highest BCUT2D eigenvalue weighted by Gasteiger charge is 2.32. The minimum absolute atomic E-state index is 0.248. The molecule has 1 heterocycles. The Labute approximate surface area is 99.2 Å². The highest BCUT2D eigenvalue weighted by molar-refractivity contribution is 5.75. The molecule has 4 heteroatoms. The number of hydrogen-bond donors (Lipinski definition) is 1. The van der Waals surface area contributed by atoms with Gasteiger partial charge in [0.05, 0.1) is 12.8 Å². The lowest BCUT2D eigenvalue weighted by Gasteiger charge is -2.30. The van der Waals surface area contributed by atoms with Crippen LogP contribution in [0.25, 0.3) is 0 Å². The van der Waals surface area contributed by atoms with E-state index < -0.39 is 18.7 Å². The van der Waals surface area contributed by atoms with E-state index in [-0.39, 0.29) is 12.5 Å². The van der Waals surface area contributed by atoms with Crippen LogP contribution in [0.2, 0.25) is 0 Å². The predicted molar refractivity (Wildman–Crippen MR) is 60.7 cm³/mol. The van der Waals surface area contributed by atoms with Crippen molar-refractivity contribution < 1.29 is 19.0 Å². The zero-order valence-electron chi connectivity index (χ0n) is 9.65. The summed E-state index contributed by atoms with van der Waals surface area (Å²) in [7, 11) is 0. The lowest BCUT2D eigenvalue weighted by molar-refractivity contribution is -0.157. The van der Waals surface area contributed by atoms with Crippen LogP contribution in [0.5, 0.6) is 0 Å². The van der Waals surface area contributed by atoms with Crippen LogP contribution in [0.4, 0.5) is 4.39 Å². The van der Waals surface area contributed by atoms with Crippen LogP contribution in [-0.4, -0.2) is 23.9 Å². The first kappa shape index (κ1) is 12.0. The average molecular weight is 238 g/mol. The van der Waals surface area contributed by atoms with Gasteiger partial charge in [-0.15, -0.1) is 0 Å². The lowest BCUT2D eigenvalue weighted by atomic mass is 9.90. The zero-order valence-corrected chi connectivity index (χ0v) is 9.65. The molecule has 0 saturated heterocycles. The molecule has 1 aromatic carbocycles. The summed E-state index contributed by atoms with van der Waals surface area (Å²) in [5, 5.41) is 9.14. The van der Waals surface area contributed by atoms with E-state index >= 15 is 0 Å². The van der Waals surface area contributed by atoms with Crippen LogP contribution in [0, 0.1) is 6.92 Å². The van der Waals surface area contributed by atoms with Crippen molar-refractivity contribution in [2.45, 2.75) is 32.0 Å². The fraction of sp³-hybridized carbons (Fsp3) is 0.462. The Morgan fingerprint density at radius 3 is 3.00 bits per heavy atom. The van der Waals surface area contributed by atoms with E-state index in [4.69, 9.17) is 9.84 Å². The first-order valence-corrected chi connectivity index (χ1v) is 5.66. The molecule has 2 atom stereocenters. The van der Waals surface area contributed by atoms with E-state index in [1.54, 1.807) is 6.07 Å². The molecule has 1 aliphatic rings. The monoisotopic (exact) mass is 238 g/mol. The number of carbonyl (C=O) groups is 1. The fourth-order valence-electron chi connectivity index (χ4n) is 2.27. The Balaban J connectivity index is 2.38. The third kappa shape index (κ3) is 2.31. The van der Waals surface area contributed by atoms with Crippen molar-refractivity contribution in [1.82, 2.24) is 0 Å². The van der Waals surface area contributed by atoms with Crippen molar-refractivity contribution >= 4 is 5.97 Å². The van der Waals surface area contributed by atoms with Gasteiger partial charge < -0.3 is 9.84 Å². The van der Waals surface area contributed by atoms with Crippen molar-refractivity contribution in [2.75, 3.05) is 6.67 Å². The van der Waals surface area contributed by atoms with Crippen molar-refractivity contribution in [1.29, 1.82) is 0 Å². The third-order valence-electron chi connectivity index (χ3n) is 3.14. The topological polar surface area (TPSA) is 46.5 Å². The molecule has 1 aliphatic heterocycles. The highest BCUT2D eigenvalue weighted by atomic mass is 19.1. The summed E-state index contributed by atoms with van der Waals surface area (Å²) in [6.45, 7) is 1.45. The number of carboxylic acid groups (broad SMARTS) is 1. The van der Waals surface area contributed by atoms with Gasteiger partial charge in [-0.25, -0.2) is 4.79 Å². The van der Waals surface area contributed by atoms with Gasteiger partial charge in [0.2, 0.25) is 0 Å². The number of aliphatic carboxylic acids is 1. The summed E-state index contributed by atoms with van der Waals surface area (Å²) in [6, 6.07) is 5.53. The minimum atomic E-state index is -1.01. The maximum Gasteiger partial charge on any atom is 0.337 e. The molecule has 0 aliphatic carbocycles. The molecular weight excluding hydrogens is 223 g/mol. The Kier molecular flexibility index (Phi) is 3.43. The number of hydrogen-bond acceptors (Lipinski definition) is 2. The zero-order chi connectivity index (χ0) is 12.4. The molecule has 2 rings (SSSR count). The standard InChI is InChI=1S/C13H15FO3/c1-8-3-2-4-10-11(8)7-9(5-6-14)17-12(10)13(15)16/h2-4,9,12H,5-7H2,1H3,(H,15,16). The molecule has 0 radical (unpaired) electrons. The first-order chi connectivity index (χ1) is 8.13. The minimum Gasteiger partial charge on any atom is -0.479 e. The SMILES string of the molecule is Cc1cccc2c1CC(CCF)OC2C(=O)O. The summed E-state index contributed by atoms with van der Waals surface area (Å²) in [6.07, 6.45) is -0.460. The van der Waals surface area contributed by atoms with E-state index in [9.17, 15) is 9.18 Å². The predicted octanol–water partition coefficient (Wildman–Crippen LogP) is 2.42. The fourth-order valence-corrected chi connectivity index (χ4v) is 2.27. The smallest absolute Gasteiger partial charge is 0.337 e. The third-order valence-corrected chi connectivity index (χ3v) is 3.14. The van der Waals surface area contributed by atoms with Crippen molar-refractivity contribution in [3.8, 4) is 0 Å². The summed E-state index contributed by atoms with van der Waals surface area (Å²) in [5.41, 5.74) is 2.73. The summed E-state index contributed by atoms with van der Waals surface area (Å²) >= 11 is 0. The largest absolute Gasteiger partial charge is 0.479 e. The van der Waals surface area contributed by atoms with Gasteiger partial charge in [0.1, 0.15) is 0 Å². The van der Waals surface area contributed by atoms with Gasteiger partial charge in [-0.05, 0) is 30.0 Å². The molecule has 17 heavy (non-hydrogen) atoms. The number of rotatable bonds is 3. The number of ether oxygens (including phenoxy) is 1. The molecule has 3 nitrogen and oxygen atoms in total. The Bertz CT molecular complexity index is 431. The molecule has 1 aromatic rings. The van der Waals surface area contributed by atoms with E-state index in [0.717, 1.165) is 11.1 Å². The first-order valence-electron chi connectivity index (χ1n) is 5.66. The van der Waals surface area contributed by atoms with Gasteiger partial charge in [0, 0.05) is 6.42 Å². The van der Waals surface area contributed by atoms with Crippen LogP contribution in [0.3, 0.4) is 0 Å². The maximum absolute atomic E-state index is 12.4. The van der Waals surface area contributed by atoms with Crippen LogP contribution in [0.1, 0.15) is 29.2 Å². The molecule has 0 fully saturated rings. The van der Waals surface area contributed by atoms with E-state index in [1.807, 2.05) is 19.1 Å². The number of aryl methyl sites for hydroxylation is 1. The Morgan fingerprint density at radius 2 is 2.35 bits per heavy atom. The summed E-state index contributed by atoms with van der Waals surface area (Å²) in [4.78, 5) is 11.2. The molecular formula is C13H15FO3. The van der Waals surface area contributed by atoms with Crippen LogP contribution in [0.15, 0.2) is 18.2 Å². The number of carboxylic acids is 1. The number of halogens is 1. The molecule has 0 saturated carbocycles. The van der Waals surface area contributed by atoms with Gasteiger partial charge in [-0.1, -0.05) is 18.2 Å². The number of fused-ring (bicyclic) bond motifs is 1. The molecule has 0 aromatic heterocycles. The molecule has 92 valence electrons. The van der Waals surface area contributed by atoms with Crippen LogP contribution in [-0.2, 0) is 16.0 Å². The second-order valence-corrected chi connectivity index (χ2v) is 4.30. The Morgan fingerprint density at radius 1 is 1.59 bits per heavy atom. The normalized spacial score (nSPS) is 23.2. The molecule has 0 spiro atoms. The number of benzene rings is 1.